The molecule has 0 spiro atoms. The molecule has 1 aliphatic heterocycles. The normalized spacial score (nSPS) is 17.5. The predicted octanol–water partition coefficient (Wildman–Crippen LogP) is 3.10. The zero-order chi connectivity index (χ0) is 17.4. The van der Waals surface area contributed by atoms with Crippen molar-refractivity contribution < 1.29 is 4.79 Å². The molecule has 130 valence electrons. The Hall–Kier alpha value is -2.04. The van der Waals surface area contributed by atoms with Gasteiger partial charge >= 0.3 is 0 Å². The first kappa shape index (κ1) is 18.3. The summed E-state index contributed by atoms with van der Waals surface area (Å²) in [4.78, 5) is 19.8. The summed E-state index contributed by atoms with van der Waals surface area (Å²) in [6.07, 6.45) is 1.25. The third kappa shape index (κ3) is 5.55. The van der Waals surface area contributed by atoms with Gasteiger partial charge in [0.05, 0.1) is 0 Å². The minimum absolute atomic E-state index is 0.0743. The molecule has 6 nitrogen and oxygen atoms in total. The summed E-state index contributed by atoms with van der Waals surface area (Å²) in [7, 11) is 0. The zero-order valence-corrected chi connectivity index (χ0v) is 14.6. The van der Waals surface area contributed by atoms with Gasteiger partial charge in [-0.1, -0.05) is 49.3 Å². The molecule has 1 aromatic carbocycles. The smallest absolute Gasteiger partial charge is 0.224 e. The van der Waals surface area contributed by atoms with Gasteiger partial charge in [-0.3, -0.25) is 4.79 Å². The maximum Gasteiger partial charge on any atom is 0.224 e. The molecule has 1 fully saturated rings. The van der Waals surface area contributed by atoms with Crippen LogP contribution in [0.15, 0.2) is 35.4 Å². The van der Waals surface area contributed by atoms with Crippen molar-refractivity contribution in [2.24, 2.45) is 11.0 Å². The average Bonchev–Trinajstić information content (AvgIpc) is 2.74. The monoisotopic (exact) mass is 329 g/mol. The van der Waals surface area contributed by atoms with Crippen LogP contribution in [0.2, 0.25) is 0 Å². The van der Waals surface area contributed by atoms with Crippen molar-refractivity contribution >= 4 is 5.91 Å². The van der Waals surface area contributed by atoms with Gasteiger partial charge in [-0.25, -0.2) is 0 Å². The third-order valence-corrected chi connectivity index (χ3v) is 4.35. The molecular weight excluding hydrogens is 302 g/mol. The van der Waals surface area contributed by atoms with Crippen LogP contribution in [0.3, 0.4) is 0 Å². The van der Waals surface area contributed by atoms with E-state index in [4.69, 9.17) is 5.53 Å². The second-order valence-electron chi connectivity index (χ2n) is 6.79. The van der Waals surface area contributed by atoms with E-state index >= 15 is 0 Å². The van der Waals surface area contributed by atoms with Gasteiger partial charge in [0.15, 0.2) is 0 Å². The first-order valence-electron chi connectivity index (χ1n) is 8.66. The maximum absolute atomic E-state index is 12.6. The molecule has 24 heavy (non-hydrogen) atoms. The summed E-state index contributed by atoms with van der Waals surface area (Å²) < 4.78 is 0. The van der Waals surface area contributed by atoms with Crippen LogP contribution in [0.4, 0.5) is 0 Å². The van der Waals surface area contributed by atoms with E-state index < -0.39 is 0 Å². The SMILES string of the molecule is CC(C)CN1CCC(=O)N([C@H](CN=[N+]=[N-])Cc2ccccc2)CC1. The number of hydrogen-bond donors (Lipinski definition) is 0. The van der Waals surface area contributed by atoms with E-state index in [1.54, 1.807) is 0 Å². The molecule has 1 amide bonds. The largest absolute Gasteiger partial charge is 0.338 e. The van der Waals surface area contributed by atoms with Crippen LogP contribution in [-0.2, 0) is 11.2 Å². The van der Waals surface area contributed by atoms with Gasteiger partial charge in [-0.15, -0.1) is 0 Å². The third-order valence-electron chi connectivity index (χ3n) is 4.35. The highest BCUT2D eigenvalue weighted by Gasteiger charge is 2.27. The van der Waals surface area contributed by atoms with E-state index in [0.29, 0.717) is 25.4 Å². The molecule has 0 unspecified atom stereocenters. The van der Waals surface area contributed by atoms with Crippen LogP contribution in [0, 0.1) is 5.92 Å². The molecule has 1 atom stereocenters. The quantitative estimate of drug-likeness (QED) is 0.438. The van der Waals surface area contributed by atoms with E-state index in [2.05, 4.69) is 40.9 Å². The fraction of sp³-hybridized carbons (Fsp3) is 0.611. The minimum Gasteiger partial charge on any atom is -0.338 e. The molecule has 0 bridgehead atoms. The summed E-state index contributed by atoms with van der Waals surface area (Å²) >= 11 is 0. The Balaban J connectivity index is 2.09. The highest BCUT2D eigenvalue weighted by atomic mass is 16.2. The number of carbonyl (C=O) groups excluding carboxylic acids is 1. The Morgan fingerprint density at radius 2 is 1.96 bits per heavy atom. The van der Waals surface area contributed by atoms with Crippen LogP contribution in [-0.4, -0.2) is 54.5 Å². The summed E-state index contributed by atoms with van der Waals surface area (Å²) in [5, 5.41) is 3.75. The van der Waals surface area contributed by atoms with Gasteiger partial charge in [-0.05, 0) is 23.4 Å². The average molecular weight is 329 g/mol. The molecule has 0 aromatic heterocycles. The van der Waals surface area contributed by atoms with Gasteiger partial charge in [-0.2, -0.15) is 0 Å². The molecule has 1 aromatic rings. The molecule has 0 radical (unpaired) electrons. The second-order valence-corrected chi connectivity index (χ2v) is 6.79. The van der Waals surface area contributed by atoms with E-state index in [9.17, 15) is 4.79 Å². The summed E-state index contributed by atoms with van der Waals surface area (Å²) in [6, 6.07) is 10.00. The lowest BCUT2D eigenvalue weighted by molar-refractivity contribution is -0.132. The van der Waals surface area contributed by atoms with Crippen molar-refractivity contribution in [2.45, 2.75) is 32.7 Å². The van der Waals surface area contributed by atoms with Crippen LogP contribution < -0.4 is 0 Å². The first-order valence-corrected chi connectivity index (χ1v) is 8.66. The Morgan fingerprint density at radius 3 is 2.62 bits per heavy atom. The van der Waals surface area contributed by atoms with Crippen LogP contribution in [0.25, 0.3) is 10.4 Å². The number of azide groups is 1. The van der Waals surface area contributed by atoms with Gasteiger partial charge in [0.25, 0.3) is 0 Å². The van der Waals surface area contributed by atoms with Crippen molar-refractivity contribution in [3.63, 3.8) is 0 Å². The van der Waals surface area contributed by atoms with Crippen molar-refractivity contribution in [1.82, 2.24) is 9.80 Å². The molecule has 1 saturated heterocycles. The van der Waals surface area contributed by atoms with Gasteiger partial charge in [0.1, 0.15) is 0 Å². The fourth-order valence-corrected chi connectivity index (χ4v) is 3.26. The molecule has 0 N–H and O–H groups in total. The van der Waals surface area contributed by atoms with Crippen LogP contribution in [0.5, 0.6) is 0 Å². The van der Waals surface area contributed by atoms with E-state index in [0.717, 1.165) is 31.6 Å². The van der Waals surface area contributed by atoms with Gasteiger partial charge in [0.2, 0.25) is 5.91 Å². The Kier molecular flexibility index (Phi) is 7.09. The highest BCUT2D eigenvalue weighted by molar-refractivity contribution is 5.77. The Labute approximate surface area is 144 Å². The first-order chi connectivity index (χ1) is 11.6. The van der Waals surface area contributed by atoms with Gasteiger partial charge < -0.3 is 9.80 Å². The lowest BCUT2D eigenvalue weighted by Gasteiger charge is -2.30. The molecule has 2 rings (SSSR count). The lowest BCUT2D eigenvalue weighted by atomic mass is 10.0. The predicted molar refractivity (Wildman–Crippen MR) is 95.6 cm³/mol. The zero-order valence-electron chi connectivity index (χ0n) is 14.6. The summed E-state index contributed by atoms with van der Waals surface area (Å²) in [6.45, 7) is 8.12. The maximum atomic E-state index is 12.6. The number of carbonyl (C=O) groups is 1. The number of benzene rings is 1. The van der Waals surface area contributed by atoms with Crippen molar-refractivity contribution in [3.8, 4) is 0 Å². The molecular formula is C18H27N5O. The van der Waals surface area contributed by atoms with Crippen LogP contribution in [0.1, 0.15) is 25.8 Å². The van der Waals surface area contributed by atoms with Crippen molar-refractivity contribution in [3.05, 3.63) is 46.3 Å². The fourth-order valence-electron chi connectivity index (χ4n) is 3.26. The molecule has 6 heteroatoms. The van der Waals surface area contributed by atoms with E-state index in [-0.39, 0.29) is 11.9 Å². The molecule has 0 saturated carbocycles. The van der Waals surface area contributed by atoms with Crippen LogP contribution >= 0.6 is 0 Å². The number of hydrogen-bond acceptors (Lipinski definition) is 3. The van der Waals surface area contributed by atoms with E-state index in [1.165, 1.54) is 0 Å². The second kappa shape index (κ2) is 9.30. The van der Waals surface area contributed by atoms with Crippen molar-refractivity contribution in [1.29, 1.82) is 0 Å². The van der Waals surface area contributed by atoms with Crippen molar-refractivity contribution in [2.75, 3.05) is 32.7 Å². The Bertz CT molecular complexity index is 568. The topological polar surface area (TPSA) is 72.3 Å². The number of amides is 1. The molecule has 0 aliphatic carbocycles. The highest BCUT2D eigenvalue weighted by Crippen LogP contribution is 2.15. The van der Waals surface area contributed by atoms with E-state index in [1.807, 2.05) is 23.1 Å². The lowest BCUT2D eigenvalue weighted by Crippen LogP contribution is -2.44. The van der Waals surface area contributed by atoms with Gasteiger partial charge in [0, 0.05) is 50.1 Å². The Morgan fingerprint density at radius 1 is 1.21 bits per heavy atom. The standard InChI is InChI=1S/C18H27N5O/c1-15(2)14-22-9-8-18(24)23(11-10-22)17(13-20-21-19)12-16-6-4-3-5-7-16/h3-7,15,17H,8-14H2,1-2H3/t17-/m0/s1. The molecule has 1 heterocycles. The summed E-state index contributed by atoms with van der Waals surface area (Å²) in [5.41, 5.74) is 9.85. The molecule has 1 aliphatic rings. The number of nitrogens with zero attached hydrogens (tertiary/aromatic N) is 5. The summed E-state index contributed by atoms with van der Waals surface area (Å²) in [5.74, 6) is 0.755. The number of rotatable bonds is 7. The minimum atomic E-state index is -0.0743.